The summed E-state index contributed by atoms with van der Waals surface area (Å²) >= 11 is 0. The molecule has 3 heterocycles. The van der Waals surface area contributed by atoms with E-state index in [-0.39, 0.29) is 24.9 Å². The van der Waals surface area contributed by atoms with Gasteiger partial charge in [-0.1, -0.05) is 18.2 Å². The second-order valence-corrected chi connectivity index (χ2v) is 9.39. The van der Waals surface area contributed by atoms with Crippen LogP contribution in [-0.2, 0) is 11.3 Å². The van der Waals surface area contributed by atoms with Gasteiger partial charge in [-0.05, 0) is 39.0 Å². The molecule has 2 amide bonds. The Bertz CT molecular complexity index is 1200. The normalized spacial score (nSPS) is 13.4. The average molecular weight is 478 g/mol. The Morgan fingerprint density at radius 3 is 2.63 bits per heavy atom. The predicted octanol–water partition coefficient (Wildman–Crippen LogP) is 4.35. The number of carbonyl (C=O) groups is 2. The third kappa shape index (κ3) is 5.63. The predicted molar refractivity (Wildman–Crippen MR) is 134 cm³/mol. The van der Waals surface area contributed by atoms with Crippen molar-refractivity contribution in [2.24, 2.45) is 0 Å². The molecule has 3 N–H and O–H groups in total. The van der Waals surface area contributed by atoms with E-state index in [1.165, 1.54) is 4.90 Å². The molecule has 0 unspecified atom stereocenters. The number of pyridine rings is 1. The van der Waals surface area contributed by atoms with Crippen molar-refractivity contribution >= 4 is 23.2 Å². The van der Waals surface area contributed by atoms with Crippen LogP contribution in [0.1, 0.15) is 36.8 Å². The SMILES string of the molecule is COCCOc1cnccc1-c1[nH]c2c(c1Nc1ccccc1)C(=O)CN(C(=O)NC(C)(C)C)C2. The van der Waals surface area contributed by atoms with Gasteiger partial charge in [0.05, 0.1) is 42.8 Å². The van der Waals surface area contributed by atoms with Crippen LogP contribution in [0.2, 0.25) is 0 Å². The lowest BCUT2D eigenvalue weighted by Gasteiger charge is -2.30. The number of hydrogen-bond acceptors (Lipinski definition) is 6. The lowest BCUT2D eigenvalue weighted by Crippen LogP contribution is -2.51. The van der Waals surface area contributed by atoms with Crippen molar-refractivity contribution in [3.05, 3.63) is 60.0 Å². The van der Waals surface area contributed by atoms with Crippen molar-refractivity contribution in [1.82, 2.24) is 20.2 Å². The summed E-state index contributed by atoms with van der Waals surface area (Å²) in [6, 6.07) is 11.2. The number of hydrogen-bond donors (Lipinski definition) is 3. The molecule has 0 aliphatic carbocycles. The number of ether oxygens (including phenoxy) is 2. The van der Waals surface area contributed by atoms with E-state index >= 15 is 0 Å². The first-order valence-corrected chi connectivity index (χ1v) is 11.5. The molecule has 0 saturated heterocycles. The number of urea groups is 1. The molecule has 0 saturated carbocycles. The quantitative estimate of drug-likeness (QED) is 0.437. The van der Waals surface area contributed by atoms with Crippen molar-refractivity contribution in [2.75, 3.05) is 32.2 Å². The molecule has 1 aliphatic heterocycles. The van der Waals surface area contributed by atoms with Crippen LogP contribution >= 0.6 is 0 Å². The van der Waals surface area contributed by atoms with Crippen molar-refractivity contribution in [1.29, 1.82) is 0 Å². The van der Waals surface area contributed by atoms with Crippen LogP contribution in [0, 0.1) is 0 Å². The Balaban J connectivity index is 1.76. The summed E-state index contributed by atoms with van der Waals surface area (Å²) in [6.45, 7) is 6.78. The standard InChI is InChI=1S/C26H31N5O4/c1-26(2,3)30-25(33)31-15-19-22(20(32)16-31)24(28-17-8-6-5-7-9-17)23(29-19)18-10-11-27-14-21(18)35-13-12-34-4/h5-11,14,28-29H,12-13,15-16H2,1-4H3,(H,30,33). The number of ketones is 1. The van der Waals surface area contributed by atoms with Gasteiger partial charge in [-0.2, -0.15) is 0 Å². The molecule has 0 bridgehead atoms. The van der Waals surface area contributed by atoms with Gasteiger partial charge in [0.1, 0.15) is 12.4 Å². The molecule has 0 fully saturated rings. The number of methoxy groups -OCH3 is 1. The largest absolute Gasteiger partial charge is 0.489 e. The minimum atomic E-state index is -0.410. The van der Waals surface area contributed by atoms with E-state index in [4.69, 9.17) is 9.47 Å². The first kappa shape index (κ1) is 24.3. The molecular formula is C26H31N5O4. The summed E-state index contributed by atoms with van der Waals surface area (Å²) in [5.74, 6) is 0.418. The van der Waals surface area contributed by atoms with Crippen LogP contribution in [0.4, 0.5) is 16.2 Å². The Labute approximate surface area is 204 Å². The van der Waals surface area contributed by atoms with E-state index in [2.05, 4.69) is 20.6 Å². The lowest BCUT2D eigenvalue weighted by atomic mass is 10.0. The zero-order valence-electron chi connectivity index (χ0n) is 20.5. The fourth-order valence-corrected chi connectivity index (χ4v) is 3.95. The number of aromatic amines is 1. The number of aromatic nitrogens is 2. The van der Waals surface area contributed by atoms with Crippen molar-refractivity contribution < 1.29 is 19.1 Å². The molecule has 9 nitrogen and oxygen atoms in total. The van der Waals surface area contributed by atoms with Crippen molar-refractivity contribution in [2.45, 2.75) is 32.9 Å². The third-order valence-corrected chi connectivity index (χ3v) is 5.45. The number of rotatable bonds is 7. The van der Waals surface area contributed by atoms with Crippen molar-refractivity contribution in [3.63, 3.8) is 0 Å². The van der Waals surface area contributed by atoms with Gasteiger partial charge in [-0.3, -0.25) is 9.78 Å². The molecule has 3 aromatic rings. The molecule has 0 atom stereocenters. The summed E-state index contributed by atoms with van der Waals surface area (Å²) in [6.07, 6.45) is 3.32. The topological polar surface area (TPSA) is 109 Å². The molecule has 0 spiro atoms. The fraction of sp³-hybridized carbons (Fsp3) is 0.346. The molecular weight excluding hydrogens is 446 g/mol. The van der Waals surface area contributed by atoms with Gasteiger partial charge in [0.2, 0.25) is 0 Å². The highest BCUT2D eigenvalue weighted by atomic mass is 16.5. The summed E-state index contributed by atoms with van der Waals surface area (Å²) in [5, 5.41) is 6.35. The van der Waals surface area contributed by atoms with Crippen LogP contribution in [-0.4, -0.2) is 59.1 Å². The second kappa shape index (κ2) is 10.2. The number of para-hydroxylation sites is 1. The molecule has 4 rings (SSSR count). The van der Waals surface area contributed by atoms with E-state index in [1.54, 1.807) is 19.5 Å². The van der Waals surface area contributed by atoms with E-state index in [0.29, 0.717) is 41.6 Å². The zero-order valence-corrected chi connectivity index (χ0v) is 20.5. The number of fused-ring (bicyclic) bond motifs is 1. The molecule has 1 aliphatic rings. The van der Waals surface area contributed by atoms with Gasteiger partial charge in [-0.25, -0.2) is 4.79 Å². The first-order valence-electron chi connectivity index (χ1n) is 11.5. The van der Waals surface area contributed by atoms with Crippen LogP contribution in [0.25, 0.3) is 11.3 Å². The highest BCUT2D eigenvalue weighted by Gasteiger charge is 2.34. The Hall–Kier alpha value is -3.85. The number of amides is 2. The third-order valence-electron chi connectivity index (χ3n) is 5.45. The maximum absolute atomic E-state index is 13.4. The van der Waals surface area contributed by atoms with E-state index < -0.39 is 5.54 Å². The molecule has 0 radical (unpaired) electrons. The minimum absolute atomic E-state index is 0.0107. The van der Waals surface area contributed by atoms with Gasteiger partial charge >= 0.3 is 6.03 Å². The molecule has 184 valence electrons. The monoisotopic (exact) mass is 477 g/mol. The number of H-pyrrole nitrogens is 1. The molecule has 2 aromatic heterocycles. The number of carbonyl (C=O) groups excluding carboxylic acids is 2. The minimum Gasteiger partial charge on any atom is -0.489 e. The zero-order chi connectivity index (χ0) is 25.0. The molecule has 1 aromatic carbocycles. The number of nitrogens with zero attached hydrogens (tertiary/aromatic N) is 2. The van der Waals surface area contributed by atoms with Gasteiger partial charge in [0.15, 0.2) is 5.78 Å². The Morgan fingerprint density at radius 2 is 1.91 bits per heavy atom. The maximum atomic E-state index is 13.4. The smallest absolute Gasteiger partial charge is 0.318 e. The van der Waals surface area contributed by atoms with Crippen molar-refractivity contribution in [3.8, 4) is 17.0 Å². The maximum Gasteiger partial charge on any atom is 0.318 e. The summed E-state index contributed by atoms with van der Waals surface area (Å²) in [7, 11) is 1.61. The van der Waals surface area contributed by atoms with Crippen LogP contribution < -0.4 is 15.4 Å². The number of Topliss-reactive ketones (excluding diaryl/α,β-unsaturated/α-hetero) is 1. The van der Waals surface area contributed by atoms with Crippen LogP contribution in [0.15, 0.2) is 48.8 Å². The lowest BCUT2D eigenvalue weighted by molar-refractivity contribution is 0.0914. The van der Waals surface area contributed by atoms with Crippen LogP contribution in [0.5, 0.6) is 5.75 Å². The Morgan fingerprint density at radius 1 is 1.14 bits per heavy atom. The second-order valence-electron chi connectivity index (χ2n) is 9.39. The fourth-order valence-electron chi connectivity index (χ4n) is 3.95. The molecule has 9 heteroatoms. The van der Waals surface area contributed by atoms with E-state index in [1.807, 2.05) is 57.2 Å². The number of nitrogens with one attached hydrogen (secondary N) is 3. The van der Waals surface area contributed by atoms with E-state index in [9.17, 15) is 9.59 Å². The van der Waals surface area contributed by atoms with Gasteiger partial charge in [-0.15, -0.1) is 0 Å². The number of benzene rings is 1. The Kier molecular flexibility index (Phi) is 7.07. The first-order chi connectivity index (χ1) is 16.8. The summed E-state index contributed by atoms with van der Waals surface area (Å²) in [5.41, 5.74) is 3.73. The average Bonchev–Trinajstić information content (AvgIpc) is 3.17. The van der Waals surface area contributed by atoms with Gasteiger partial charge < -0.3 is 30.0 Å². The summed E-state index contributed by atoms with van der Waals surface area (Å²) in [4.78, 5) is 35.3. The number of anilines is 2. The highest BCUT2D eigenvalue weighted by molar-refractivity contribution is 6.09. The van der Waals surface area contributed by atoms with E-state index in [0.717, 1.165) is 11.3 Å². The summed E-state index contributed by atoms with van der Waals surface area (Å²) < 4.78 is 11.0. The van der Waals surface area contributed by atoms with Gasteiger partial charge in [0.25, 0.3) is 0 Å². The highest BCUT2D eigenvalue weighted by Crippen LogP contribution is 2.41. The van der Waals surface area contributed by atoms with Crippen LogP contribution in [0.3, 0.4) is 0 Å². The molecule has 35 heavy (non-hydrogen) atoms. The van der Waals surface area contributed by atoms with Gasteiger partial charge in [0, 0.05) is 35.8 Å².